The highest BCUT2D eigenvalue weighted by Gasteiger charge is 2.39. The van der Waals surface area contributed by atoms with Crippen LogP contribution in [0, 0.1) is 11.8 Å². The predicted molar refractivity (Wildman–Crippen MR) is 160 cm³/mol. The number of rotatable bonds is 12. The minimum absolute atomic E-state index is 0.113. The van der Waals surface area contributed by atoms with E-state index in [1.54, 1.807) is 14.2 Å². The van der Waals surface area contributed by atoms with E-state index in [9.17, 15) is 9.59 Å². The van der Waals surface area contributed by atoms with Gasteiger partial charge >= 0.3 is 11.9 Å². The number of hydrogen-bond donors (Lipinski definition) is 0. The maximum absolute atomic E-state index is 13.1. The molecule has 1 aromatic carbocycles. The molecule has 0 spiro atoms. The lowest BCUT2D eigenvalue weighted by Crippen LogP contribution is -2.54. The van der Waals surface area contributed by atoms with Crippen molar-refractivity contribution in [3.8, 4) is 11.5 Å². The molecule has 1 fully saturated rings. The minimum atomic E-state index is -0.366. The molecule has 6 unspecified atom stereocenters. The van der Waals surface area contributed by atoms with E-state index >= 15 is 0 Å². The van der Waals surface area contributed by atoms with Crippen LogP contribution in [0.25, 0.3) is 0 Å². The second-order valence-electron chi connectivity index (χ2n) is 12.1. The number of ether oxygens (including phenoxy) is 5. The molecule has 2 heterocycles. The largest absolute Gasteiger partial charge is 0.496 e. The maximum atomic E-state index is 13.1. The summed E-state index contributed by atoms with van der Waals surface area (Å²) in [5.74, 6) is 0.453. The van der Waals surface area contributed by atoms with Gasteiger partial charge in [-0.3, -0.25) is 9.69 Å². The Labute approximate surface area is 246 Å². The van der Waals surface area contributed by atoms with Gasteiger partial charge in [0, 0.05) is 40.7 Å². The summed E-state index contributed by atoms with van der Waals surface area (Å²) in [5.41, 5.74) is 4.28. The van der Waals surface area contributed by atoms with Crippen LogP contribution in [0.3, 0.4) is 0 Å². The van der Waals surface area contributed by atoms with Crippen LogP contribution < -0.4 is 9.47 Å². The molecular formula is C33H51NO7. The third kappa shape index (κ3) is 6.91. The summed E-state index contributed by atoms with van der Waals surface area (Å²) in [4.78, 5) is 28.4. The summed E-state index contributed by atoms with van der Waals surface area (Å²) < 4.78 is 28.9. The van der Waals surface area contributed by atoms with Crippen LogP contribution in [0.4, 0.5) is 0 Å². The van der Waals surface area contributed by atoms with Crippen LogP contribution in [0.1, 0.15) is 108 Å². The van der Waals surface area contributed by atoms with Crippen molar-refractivity contribution < 1.29 is 33.3 Å². The van der Waals surface area contributed by atoms with E-state index in [-0.39, 0.29) is 53.9 Å². The molecule has 0 aliphatic carbocycles. The van der Waals surface area contributed by atoms with Gasteiger partial charge in [-0.25, -0.2) is 4.79 Å². The van der Waals surface area contributed by atoms with E-state index in [0.29, 0.717) is 44.0 Å². The van der Waals surface area contributed by atoms with E-state index in [2.05, 4.69) is 59.4 Å². The van der Waals surface area contributed by atoms with E-state index in [0.717, 1.165) is 28.0 Å². The number of hydrogen-bond acceptors (Lipinski definition) is 8. The number of nitrogens with zero attached hydrogens (tertiary/aromatic N) is 1. The van der Waals surface area contributed by atoms with Crippen molar-refractivity contribution >= 4 is 11.9 Å². The maximum Gasteiger partial charge on any atom is 0.342 e. The van der Waals surface area contributed by atoms with Gasteiger partial charge in [0.2, 0.25) is 0 Å². The third-order valence-corrected chi connectivity index (χ3v) is 8.56. The van der Waals surface area contributed by atoms with Crippen LogP contribution in [0.5, 0.6) is 11.5 Å². The summed E-state index contributed by atoms with van der Waals surface area (Å²) in [6, 6.07) is 0.684. The fraction of sp³-hybridized carbons (Fsp3) is 0.697. The molecule has 1 aromatic rings. The molecule has 0 radical (unpaired) electrons. The summed E-state index contributed by atoms with van der Waals surface area (Å²) in [5, 5.41) is 0. The Balaban J connectivity index is 1.84. The number of allylic oxidation sites excluding steroid dienone is 2. The zero-order valence-electron chi connectivity index (χ0n) is 27.0. The van der Waals surface area contributed by atoms with Gasteiger partial charge in [-0.15, -0.1) is 0 Å². The fourth-order valence-electron chi connectivity index (χ4n) is 6.59. The highest BCUT2D eigenvalue weighted by molar-refractivity contribution is 5.99. The Morgan fingerprint density at radius 3 is 2.17 bits per heavy atom. The number of cyclic esters (lactones) is 1. The second-order valence-corrected chi connectivity index (χ2v) is 12.1. The molecule has 3 rings (SSSR count). The fourth-order valence-corrected chi connectivity index (χ4v) is 6.59. The zero-order chi connectivity index (χ0) is 30.6. The van der Waals surface area contributed by atoms with Gasteiger partial charge in [-0.1, -0.05) is 46.3 Å². The molecule has 6 atom stereocenters. The van der Waals surface area contributed by atoms with Gasteiger partial charge < -0.3 is 23.7 Å². The molecule has 0 N–H and O–H groups in total. The van der Waals surface area contributed by atoms with Crippen molar-refractivity contribution in [3.05, 3.63) is 33.9 Å². The molecule has 1 saturated heterocycles. The summed E-state index contributed by atoms with van der Waals surface area (Å²) in [7, 11) is 3.24. The lowest BCUT2D eigenvalue weighted by atomic mass is 9.84. The van der Waals surface area contributed by atoms with E-state index < -0.39 is 0 Å². The van der Waals surface area contributed by atoms with Gasteiger partial charge in [-0.05, 0) is 46.5 Å². The van der Waals surface area contributed by atoms with Crippen molar-refractivity contribution in [1.82, 2.24) is 4.90 Å². The van der Waals surface area contributed by atoms with Crippen LogP contribution in [-0.2, 0) is 25.4 Å². The van der Waals surface area contributed by atoms with Crippen LogP contribution in [0.2, 0.25) is 0 Å². The van der Waals surface area contributed by atoms with Gasteiger partial charge in [0.15, 0.2) is 0 Å². The average Bonchev–Trinajstić information content (AvgIpc) is 3.22. The lowest BCUT2D eigenvalue weighted by Gasteiger charge is -2.42. The van der Waals surface area contributed by atoms with E-state index in [4.69, 9.17) is 23.7 Å². The average molecular weight is 574 g/mol. The van der Waals surface area contributed by atoms with Gasteiger partial charge in [0.25, 0.3) is 0 Å². The number of morpholine rings is 1. The molecular weight excluding hydrogens is 522 g/mol. The van der Waals surface area contributed by atoms with E-state index in [1.165, 1.54) is 0 Å². The topological polar surface area (TPSA) is 83.5 Å². The van der Waals surface area contributed by atoms with Crippen molar-refractivity contribution in [2.45, 2.75) is 105 Å². The number of fused-ring (bicyclic) bond motifs is 1. The van der Waals surface area contributed by atoms with Crippen LogP contribution in [-0.4, -0.2) is 69.0 Å². The van der Waals surface area contributed by atoms with Gasteiger partial charge in [-0.2, -0.15) is 0 Å². The number of esters is 2. The van der Waals surface area contributed by atoms with Gasteiger partial charge in [0.05, 0.1) is 33.4 Å². The lowest BCUT2D eigenvalue weighted by molar-refractivity contribution is -0.151. The standard InChI is InChI=1S/C33H51NO7/c1-12-26-28-24(9)41-33(36)29(28)31(38-11)27(30(26)37-10)19(4)13-25(18(2)3)14-20(5)32(35)40-17-23(8)34-21(6)15-39-16-22(34)7/h13,18-24H,12,14-17H2,1-11H3/b25-13-. The normalized spacial score (nSPS) is 23.6. The molecule has 0 saturated carbocycles. The molecule has 2 aliphatic heterocycles. The first-order valence-electron chi connectivity index (χ1n) is 15.1. The summed E-state index contributed by atoms with van der Waals surface area (Å²) in [6.45, 7) is 20.3. The highest BCUT2D eigenvalue weighted by atomic mass is 16.6. The first-order chi connectivity index (χ1) is 19.4. The Morgan fingerprint density at radius 2 is 1.63 bits per heavy atom. The highest BCUT2D eigenvalue weighted by Crippen LogP contribution is 2.49. The number of carbonyl (C=O) groups excluding carboxylic acids is 2. The monoisotopic (exact) mass is 573 g/mol. The van der Waals surface area contributed by atoms with Crippen LogP contribution >= 0.6 is 0 Å². The second kappa shape index (κ2) is 14.1. The molecule has 2 aliphatic rings. The third-order valence-electron chi connectivity index (χ3n) is 8.56. The Kier molecular flexibility index (Phi) is 11.3. The molecule has 0 aromatic heterocycles. The summed E-state index contributed by atoms with van der Waals surface area (Å²) in [6.07, 6.45) is 3.10. The van der Waals surface area contributed by atoms with Crippen molar-refractivity contribution in [1.29, 1.82) is 0 Å². The Morgan fingerprint density at radius 1 is 1.02 bits per heavy atom. The van der Waals surface area contributed by atoms with Crippen molar-refractivity contribution in [2.24, 2.45) is 11.8 Å². The van der Waals surface area contributed by atoms with Crippen molar-refractivity contribution in [2.75, 3.05) is 34.0 Å². The smallest absolute Gasteiger partial charge is 0.342 e. The van der Waals surface area contributed by atoms with Crippen molar-refractivity contribution in [3.63, 3.8) is 0 Å². The number of carbonyl (C=O) groups is 2. The quantitative estimate of drug-likeness (QED) is 0.214. The molecule has 0 amide bonds. The predicted octanol–water partition coefficient (Wildman–Crippen LogP) is 6.25. The first-order valence-corrected chi connectivity index (χ1v) is 15.1. The molecule has 230 valence electrons. The molecule has 41 heavy (non-hydrogen) atoms. The molecule has 8 heteroatoms. The Hall–Kier alpha value is -2.58. The van der Waals surface area contributed by atoms with Gasteiger partial charge in [0.1, 0.15) is 29.8 Å². The molecule has 8 nitrogen and oxygen atoms in total. The van der Waals surface area contributed by atoms with Crippen LogP contribution in [0.15, 0.2) is 11.6 Å². The zero-order valence-corrected chi connectivity index (χ0v) is 27.0. The minimum Gasteiger partial charge on any atom is -0.496 e. The summed E-state index contributed by atoms with van der Waals surface area (Å²) >= 11 is 0. The van der Waals surface area contributed by atoms with E-state index in [1.807, 2.05) is 13.8 Å². The Bertz CT molecular complexity index is 1120. The molecule has 0 bridgehead atoms. The SMILES string of the molecule is CCc1c(OC)c(C(C)/C=C(/CC(C)C(=O)OCC(C)N2C(C)COCC2C)C(C)C)c(OC)c2c1C(C)OC2=O. The number of methoxy groups -OCH3 is 2. The number of benzene rings is 1. The first kappa shape index (κ1) is 32.9.